The zero-order valence-corrected chi connectivity index (χ0v) is 24.8. The van der Waals surface area contributed by atoms with Crippen LogP contribution in [0.1, 0.15) is 82.5 Å². The molecule has 3 heterocycles. The number of nitrogens with zero attached hydrogens (tertiary/aromatic N) is 4. The number of amides is 1. The Labute approximate surface area is 248 Å². The Morgan fingerprint density at radius 2 is 1.67 bits per heavy atom. The molecule has 1 saturated heterocycles. The second kappa shape index (κ2) is 17.5. The summed E-state index contributed by atoms with van der Waals surface area (Å²) < 4.78 is 58.8. The molecule has 1 aliphatic heterocycles. The van der Waals surface area contributed by atoms with Gasteiger partial charge in [-0.3, -0.25) is 9.78 Å². The molecule has 1 atom stereocenters. The van der Waals surface area contributed by atoms with Crippen LogP contribution in [0.25, 0.3) is 11.3 Å². The molecule has 4 rings (SSSR count). The molecule has 240 valence electrons. The number of carboxylic acids is 1. The fraction of sp³-hybridized carbons (Fsp3) is 0.621. The molecule has 0 bridgehead atoms. The molecule has 2 aromatic heterocycles. The molecule has 2 aliphatic rings. The first-order chi connectivity index (χ1) is 20.5. The summed E-state index contributed by atoms with van der Waals surface area (Å²) in [4.78, 5) is 36.9. The Balaban J connectivity index is 0.000000631. The normalized spacial score (nSPS) is 16.6. The molecule has 0 spiro atoms. The van der Waals surface area contributed by atoms with Crippen molar-refractivity contribution in [2.24, 2.45) is 0 Å². The zero-order valence-electron chi connectivity index (χ0n) is 24.8. The highest BCUT2D eigenvalue weighted by Gasteiger charge is 2.38. The standard InChI is InChI=1S/C25H34F2N6O.C2HF3O2.C2H6/c1-2-18(26)15-29-25-30-16-21(23(32-25)31-20-6-4-3-5-7-20)22-9-8-17(14-28-22)24(34)33-12-10-19(27)11-13-33;3-2(4,5)1(6)7;1-2/h8-9,14,16,18-20H,2-7,10-13,15H2,1H3,(H2,29,30,31,32);(H,6,7);1-2H3. The minimum Gasteiger partial charge on any atom is -0.475 e. The van der Waals surface area contributed by atoms with E-state index in [0.717, 1.165) is 18.4 Å². The molecule has 1 aliphatic carbocycles. The van der Waals surface area contributed by atoms with E-state index in [9.17, 15) is 26.7 Å². The fourth-order valence-corrected chi connectivity index (χ4v) is 4.46. The molecule has 43 heavy (non-hydrogen) atoms. The van der Waals surface area contributed by atoms with E-state index in [4.69, 9.17) is 9.90 Å². The maximum absolute atomic E-state index is 13.7. The summed E-state index contributed by atoms with van der Waals surface area (Å²) in [5, 5.41) is 13.7. The maximum atomic E-state index is 13.7. The number of piperidine rings is 1. The molecule has 1 unspecified atom stereocenters. The second-order valence-corrected chi connectivity index (χ2v) is 10.0. The third-order valence-corrected chi connectivity index (χ3v) is 6.90. The van der Waals surface area contributed by atoms with E-state index < -0.39 is 24.5 Å². The Morgan fingerprint density at radius 1 is 1.05 bits per heavy atom. The van der Waals surface area contributed by atoms with E-state index in [1.807, 2.05) is 13.8 Å². The number of hydrogen-bond donors (Lipinski definition) is 3. The molecule has 1 amide bonds. The van der Waals surface area contributed by atoms with Crippen LogP contribution in [-0.2, 0) is 4.79 Å². The van der Waals surface area contributed by atoms with Gasteiger partial charge in [0.15, 0.2) is 0 Å². The lowest BCUT2D eigenvalue weighted by atomic mass is 9.95. The van der Waals surface area contributed by atoms with Crippen molar-refractivity contribution in [2.75, 3.05) is 30.3 Å². The summed E-state index contributed by atoms with van der Waals surface area (Å²) in [5.41, 5.74) is 1.87. The first-order valence-corrected chi connectivity index (χ1v) is 14.7. The van der Waals surface area contributed by atoms with Gasteiger partial charge in [0.2, 0.25) is 5.95 Å². The highest BCUT2D eigenvalue weighted by molar-refractivity contribution is 5.94. The molecule has 2 fully saturated rings. The summed E-state index contributed by atoms with van der Waals surface area (Å²) >= 11 is 0. The van der Waals surface area contributed by atoms with Gasteiger partial charge in [-0.15, -0.1) is 0 Å². The van der Waals surface area contributed by atoms with Gasteiger partial charge in [0.1, 0.15) is 18.2 Å². The van der Waals surface area contributed by atoms with Gasteiger partial charge in [-0.25, -0.2) is 18.6 Å². The first kappa shape index (κ1) is 35.6. The van der Waals surface area contributed by atoms with E-state index in [-0.39, 0.29) is 12.5 Å². The SMILES string of the molecule is CC.CCC(F)CNc1ncc(-c2ccc(C(=O)N3CCC(F)CC3)cn2)c(NC2CCCCC2)n1.O=C(O)C(F)(F)F. The number of pyridine rings is 1. The van der Waals surface area contributed by atoms with Gasteiger partial charge in [0, 0.05) is 38.1 Å². The van der Waals surface area contributed by atoms with Crippen molar-refractivity contribution < 1.29 is 36.6 Å². The van der Waals surface area contributed by atoms with E-state index in [1.54, 1.807) is 36.4 Å². The predicted octanol–water partition coefficient (Wildman–Crippen LogP) is 6.68. The third kappa shape index (κ3) is 11.6. The van der Waals surface area contributed by atoms with E-state index >= 15 is 0 Å². The van der Waals surface area contributed by atoms with Crippen LogP contribution in [0.3, 0.4) is 0 Å². The Kier molecular flexibility index (Phi) is 14.5. The van der Waals surface area contributed by atoms with Gasteiger partial charge >= 0.3 is 12.1 Å². The minimum absolute atomic E-state index is 0.126. The van der Waals surface area contributed by atoms with Crippen LogP contribution in [0.2, 0.25) is 0 Å². The van der Waals surface area contributed by atoms with Crippen LogP contribution < -0.4 is 10.6 Å². The summed E-state index contributed by atoms with van der Waals surface area (Å²) in [6, 6.07) is 3.86. The maximum Gasteiger partial charge on any atom is 0.490 e. The minimum atomic E-state index is -5.08. The van der Waals surface area contributed by atoms with Gasteiger partial charge in [0.25, 0.3) is 5.91 Å². The lowest BCUT2D eigenvalue weighted by Crippen LogP contribution is -2.39. The smallest absolute Gasteiger partial charge is 0.475 e. The Hall–Kier alpha value is -3.58. The summed E-state index contributed by atoms with van der Waals surface area (Å²) in [5.74, 6) is -1.85. The number of aromatic nitrogens is 3. The highest BCUT2D eigenvalue weighted by Crippen LogP contribution is 2.29. The highest BCUT2D eigenvalue weighted by atomic mass is 19.4. The van der Waals surface area contributed by atoms with E-state index in [2.05, 4.69) is 25.6 Å². The molecular weight excluding hydrogens is 575 g/mol. The van der Waals surface area contributed by atoms with Crippen molar-refractivity contribution in [3.63, 3.8) is 0 Å². The third-order valence-electron chi connectivity index (χ3n) is 6.90. The zero-order chi connectivity index (χ0) is 32.0. The van der Waals surface area contributed by atoms with Crippen LogP contribution in [-0.4, -0.2) is 81.0 Å². The Bertz CT molecular complexity index is 1140. The van der Waals surface area contributed by atoms with Gasteiger partial charge < -0.3 is 20.6 Å². The van der Waals surface area contributed by atoms with Crippen molar-refractivity contribution in [2.45, 2.75) is 96.7 Å². The monoisotopic (exact) mass is 616 g/mol. The fourth-order valence-electron chi connectivity index (χ4n) is 4.46. The van der Waals surface area contributed by atoms with Crippen molar-refractivity contribution in [3.05, 3.63) is 30.1 Å². The van der Waals surface area contributed by atoms with Crippen LogP contribution >= 0.6 is 0 Å². The number of alkyl halides is 5. The number of aliphatic carboxylic acids is 1. The largest absolute Gasteiger partial charge is 0.490 e. The summed E-state index contributed by atoms with van der Waals surface area (Å²) in [7, 11) is 0. The lowest BCUT2D eigenvalue weighted by Gasteiger charge is -2.28. The lowest BCUT2D eigenvalue weighted by molar-refractivity contribution is -0.192. The molecule has 0 radical (unpaired) electrons. The summed E-state index contributed by atoms with van der Waals surface area (Å²) in [6.45, 7) is 6.82. The van der Waals surface area contributed by atoms with Gasteiger partial charge in [0.05, 0.1) is 16.8 Å². The number of anilines is 2. The van der Waals surface area contributed by atoms with E-state index in [0.29, 0.717) is 61.4 Å². The van der Waals surface area contributed by atoms with Crippen LogP contribution in [0.5, 0.6) is 0 Å². The van der Waals surface area contributed by atoms with Gasteiger partial charge in [-0.05, 0) is 44.2 Å². The van der Waals surface area contributed by atoms with Crippen LogP contribution in [0.15, 0.2) is 24.5 Å². The van der Waals surface area contributed by atoms with Gasteiger partial charge in [-0.2, -0.15) is 18.2 Å². The van der Waals surface area contributed by atoms with Crippen molar-refractivity contribution in [1.82, 2.24) is 19.9 Å². The molecule has 2 aromatic rings. The average Bonchev–Trinajstić information content (AvgIpc) is 3.01. The number of carbonyl (C=O) groups is 2. The quantitative estimate of drug-likeness (QED) is 0.281. The molecular formula is C29H41F5N6O3. The first-order valence-electron chi connectivity index (χ1n) is 14.7. The average molecular weight is 617 g/mol. The number of nitrogens with one attached hydrogen (secondary N) is 2. The molecule has 14 heteroatoms. The van der Waals surface area contributed by atoms with Crippen LogP contribution in [0, 0.1) is 0 Å². The number of likely N-dealkylation sites (tertiary alicyclic amines) is 1. The van der Waals surface area contributed by atoms with Crippen molar-refractivity contribution >= 4 is 23.6 Å². The van der Waals surface area contributed by atoms with Crippen molar-refractivity contribution in [3.8, 4) is 11.3 Å². The number of carbonyl (C=O) groups excluding carboxylic acids is 1. The number of carboxylic acid groups (broad SMARTS) is 1. The topological polar surface area (TPSA) is 120 Å². The number of hydrogen-bond acceptors (Lipinski definition) is 7. The van der Waals surface area contributed by atoms with Crippen molar-refractivity contribution in [1.29, 1.82) is 0 Å². The summed E-state index contributed by atoms with van der Waals surface area (Å²) in [6.07, 6.45) is 3.33. The van der Waals surface area contributed by atoms with Gasteiger partial charge in [-0.1, -0.05) is 40.0 Å². The molecule has 3 N–H and O–H groups in total. The van der Waals surface area contributed by atoms with E-state index in [1.165, 1.54) is 19.3 Å². The molecule has 0 aromatic carbocycles. The number of rotatable bonds is 8. The molecule has 9 nitrogen and oxygen atoms in total. The Morgan fingerprint density at radius 3 is 2.21 bits per heavy atom. The second-order valence-electron chi connectivity index (χ2n) is 10.0. The van der Waals surface area contributed by atoms with Crippen LogP contribution in [0.4, 0.5) is 33.7 Å². The molecule has 1 saturated carbocycles. The number of halogens is 5. The predicted molar refractivity (Wildman–Crippen MR) is 155 cm³/mol.